The number of allylic oxidation sites excluding steroid dienone is 5. The topological polar surface area (TPSA) is 364 Å². The summed E-state index contributed by atoms with van der Waals surface area (Å²) >= 11 is 0. The van der Waals surface area contributed by atoms with Gasteiger partial charge >= 0.3 is 41.5 Å². The fourth-order valence-corrected chi connectivity index (χ4v) is 16.4. The van der Waals surface area contributed by atoms with Crippen LogP contribution < -0.4 is 29.6 Å². The minimum absolute atomic E-state index is 0. The summed E-state index contributed by atoms with van der Waals surface area (Å²) in [6, 6.07) is 0. The summed E-state index contributed by atoms with van der Waals surface area (Å²) in [6.45, 7) is 15.4. The summed E-state index contributed by atoms with van der Waals surface area (Å²) in [5.41, 5.74) is -1.46. The number of methoxy groups -OCH3 is 1. The molecule has 8 fully saturated rings. The third-order valence-corrected chi connectivity index (χ3v) is 20.2. The predicted molar refractivity (Wildman–Crippen MR) is 274 cm³/mol. The van der Waals surface area contributed by atoms with Crippen LogP contribution in [0, 0.1) is 39.4 Å². The smallest absolute Gasteiger partial charge is 0.726 e. The van der Waals surface area contributed by atoms with Crippen molar-refractivity contribution in [1.82, 2.24) is 0 Å². The molecule has 25 nitrogen and oxygen atoms in total. The third-order valence-electron chi connectivity index (χ3n) is 19.8. The van der Waals surface area contributed by atoms with Crippen LogP contribution in [-0.4, -0.2) is 221 Å². The second-order valence-corrected chi connectivity index (χ2v) is 26.2. The van der Waals surface area contributed by atoms with Gasteiger partial charge in [-0.25, -0.2) is 8.42 Å². The average molecular weight is 1200 g/mol. The van der Waals surface area contributed by atoms with Crippen molar-refractivity contribution in [3.05, 3.63) is 35.5 Å². The molecular formula is C55H83NaO25S. The van der Waals surface area contributed by atoms with Crippen molar-refractivity contribution in [2.75, 3.05) is 26.9 Å². The summed E-state index contributed by atoms with van der Waals surface area (Å²) in [4.78, 5) is 27.4. The summed E-state index contributed by atoms with van der Waals surface area (Å²) in [5, 5.41) is 88.3. The Balaban J connectivity index is 0.00000880. The third kappa shape index (κ3) is 11.7. The van der Waals surface area contributed by atoms with Crippen LogP contribution in [0.15, 0.2) is 35.5 Å². The van der Waals surface area contributed by atoms with E-state index >= 15 is 0 Å². The van der Waals surface area contributed by atoms with Crippen molar-refractivity contribution in [1.29, 1.82) is 0 Å². The Kier molecular flexibility index (Phi) is 20.0. The molecule has 5 saturated heterocycles. The molecule has 0 aromatic rings. The first-order chi connectivity index (χ1) is 37.9. The molecule has 82 heavy (non-hydrogen) atoms. The first-order valence-electron chi connectivity index (χ1n) is 28.0. The number of fused-ring (bicyclic) bond motifs is 4. The molecule has 0 aromatic carbocycles. The summed E-state index contributed by atoms with van der Waals surface area (Å²) in [7, 11) is -4.21. The van der Waals surface area contributed by atoms with Gasteiger partial charge in [0.25, 0.3) is 0 Å². The maximum absolute atomic E-state index is 14.6. The Morgan fingerprint density at radius 2 is 1.43 bits per heavy atom. The number of carbonyl (C=O) groups is 2. The van der Waals surface area contributed by atoms with Crippen molar-refractivity contribution >= 4 is 22.3 Å². The van der Waals surface area contributed by atoms with Gasteiger partial charge < -0.3 is 97.5 Å². The number of cyclic esters (lactones) is 1. The van der Waals surface area contributed by atoms with Gasteiger partial charge in [0.2, 0.25) is 10.4 Å². The van der Waals surface area contributed by atoms with Crippen molar-refractivity contribution in [3.63, 3.8) is 0 Å². The number of rotatable bonds is 15. The number of aliphatic hydroxyl groups excluding tert-OH is 8. The molecule has 5 heterocycles. The molecule has 0 radical (unpaired) electrons. The molecule has 0 amide bonds. The quantitative estimate of drug-likeness (QED) is 0.0203. The maximum Gasteiger partial charge on any atom is 1.00 e. The minimum atomic E-state index is -5.41. The van der Waals surface area contributed by atoms with E-state index in [9.17, 15) is 63.4 Å². The molecule has 27 heteroatoms. The van der Waals surface area contributed by atoms with Crippen LogP contribution in [0.1, 0.15) is 101 Å². The molecule has 17 unspecified atom stereocenters. The molecule has 460 valence electrons. The van der Waals surface area contributed by atoms with Crippen LogP contribution in [0.4, 0.5) is 0 Å². The zero-order valence-electron chi connectivity index (χ0n) is 48.4. The Labute approximate surface area is 500 Å². The van der Waals surface area contributed by atoms with Crippen LogP contribution in [0.5, 0.6) is 0 Å². The summed E-state index contributed by atoms with van der Waals surface area (Å²) < 4.78 is 106. The van der Waals surface area contributed by atoms with E-state index in [0.29, 0.717) is 38.5 Å². The Morgan fingerprint density at radius 1 is 0.780 bits per heavy atom. The molecule has 0 bridgehead atoms. The Bertz CT molecular complexity index is 2510. The van der Waals surface area contributed by atoms with Crippen LogP contribution in [0.2, 0.25) is 0 Å². The normalized spacial score (nSPS) is 49.0. The van der Waals surface area contributed by atoms with E-state index in [1.54, 1.807) is 0 Å². The monoisotopic (exact) mass is 1200 g/mol. The van der Waals surface area contributed by atoms with Gasteiger partial charge in [-0.05, 0) is 95.0 Å². The molecule has 5 aliphatic heterocycles. The van der Waals surface area contributed by atoms with Crippen LogP contribution in [-0.2, 0) is 76.3 Å². The fraction of sp³-hybridized carbons (Fsp3) is 0.855. The van der Waals surface area contributed by atoms with Gasteiger partial charge in [-0.1, -0.05) is 57.1 Å². The van der Waals surface area contributed by atoms with Crippen LogP contribution >= 0.6 is 0 Å². The van der Waals surface area contributed by atoms with Gasteiger partial charge in [-0.3, -0.25) is 13.8 Å². The number of ether oxygens (including phenoxy) is 11. The molecule has 9 rings (SSSR count). The van der Waals surface area contributed by atoms with Crippen molar-refractivity contribution in [3.8, 4) is 0 Å². The van der Waals surface area contributed by atoms with E-state index in [0.717, 1.165) is 11.1 Å². The average Bonchev–Trinajstić information content (AvgIpc) is 1.55. The van der Waals surface area contributed by atoms with Crippen molar-refractivity contribution in [2.24, 2.45) is 39.4 Å². The van der Waals surface area contributed by atoms with Gasteiger partial charge in [-0.2, -0.15) is 0 Å². The molecular weight excluding hydrogens is 1120 g/mol. The summed E-state index contributed by atoms with van der Waals surface area (Å²) in [5.74, 6) is -1.18. The molecule has 4 aliphatic carbocycles. The van der Waals surface area contributed by atoms with Crippen molar-refractivity contribution < 1.29 is 149 Å². The number of aliphatic hydroxyl groups is 8. The predicted octanol–water partition coefficient (Wildman–Crippen LogP) is -2.94. The number of hydrogen-bond donors (Lipinski definition) is 8. The van der Waals surface area contributed by atoms with Crippen LogP contribution in [0.3, 0.4) is 0 Å². The zero-order chi connectivity index (χ0) is 59.3. The van der Waals surface area contributed by atoms with E-state index < -0.39 is 187 Å². The number of hydrogen-bond acceptors (Lipinski definition) is 25. The van der Waals surface area contributed by atoms with Gasteiger partial charge in [0, 0.05) is 19.4 Å². The largest absolute Gasteiger partial charge is 1.00 e. The minimum Gasteiger partial charge on any atom is -0.726 e. The second kappa shape index (κ2) is 24.7. The Hall–Kier alpha value is -1.65. The molecule has 3 saturated carbocycles. The number of carbonyl (C=O) groups excluding carboxylic acids is 2. The Morgan fingerprint density at radius 3 is 2.07 bits per heavy atom. The first kappa shape index (κ1) is 66.3. The van der Waals surface area contributed by atoms with Gasteiger partial charge in [0.05, 0.1) is 43.4 Å². The molecule has 27 atom stereocenters. The van der Waals surface area contributed by atoms with Crippen molar-refractivity contribution in [2.45, 2.75) is 229 Å². The van der Waals surface area contributed by atoms with Gasteiger partial charge in [0.15, 0.2) is 25.2 Å². The van der Waals surface area contributed by atoms with E-state index in [2.05, 4.69) is 38.0 Å². The fourth-order valence-electron chi connectivity index (χ4n) is 15.9. The van der Waals surface area contributed by atoms with Crippen LogP contribution in [0.25, 0.3) is 0 Å². The molecule has 9 aliphatic rings. The van der Waals surface area contributed by atoms with Gasteiger partial charge in [-0.15, -0.1) is 0 Å². The van der Waals surface area contributed by atoms with Gasteiger partial charge in [0.1, 0.15) is 91.1 Å². The first-order valence-corrected chi connectivity index (χ1v) is 29.3. The second-order valence-electron chi connectivity index (χ2n) is 25.2. The zero-order valence-corrected chi connectivity index (χ0v) is 51.2. The summed E-state index contributed by atoms with van der Waals surface area (Å²) in [6.07, 6.45) is -19.2. The van der Waals surface area contributed by atoms with E-state index in [-0.39, 0.29) is 52.8 Å². The van der Waals surface area contributed by atoms with E-state index in [4.69, 9.17) is 52.1 Å². The molecule has 8 N–H and O–H groups in total. The SMILES string of the molecule is COC1C(O)[C@H](OC2C(O)[C@H](O[C@@H]3C(C)O[C@@H](OC4C(O)[C@H](OS(=O)(=O)[O-])CO[C@H]4OC4CC[C@]5(C)C6CC[C@]78C(=O)OC(C)(/C=C/C=C(C)C)C7C(OC(C)=O)CC8(C)C6=CCC5C4(C)C)C(O)C3O)OC[C@H]2O)OC(CO)[C@H]1O.[Na+]. The standard InChI is InChI=1S/C55H84O25S.Na/c1-24(2)12-11-17-54(9)45-30(73-26(4)57)20-53(8)28-13-14-33-51(5,6)34(16-18-52(33,7)27(28)15-19-55(45,53)50(65)79-54)75-49-44(36(60)32(23-71-49)80-81(66,67)68)78-47-38(62)37(61)41(25(3)72-47)76-46-39(63)42(29(58)22-70-46)77-48-40(64)43(69-10)35(59)31(21-56)74-48;/h11-13,17,25,27,29-49,56,58-64H,14-16,18-23H2,1-10H3,(H,66,67,68);/q;+1/p-1/b17-11+;/t25?,27?,29-,30?,31?,32-,33?,34?,35-,36?,37?,38?,39?,40?,41-,42?,43?,44?,45?,46+,47+,48+,49+,52-,53?,54?,55-;/m1./s1. The molecule has 1 spiro atoms. The van der Waals surface area contributed by atoms with E-state index in [1.165, 1.54) is 21.0 Å². The maximum atomic E-state index is 14.6. The van der Waals surface area contributed by atoms with E-state index in [1.807, 2.05) is 39.0 Å². The number of esters is 2. The molecule has 0 aromatic heterocycles.